The average molecular weight is 429 g/mol. The molecule has 1 atom stereocenters. The smallest absolute Gasteiger partial charge is 0.265 e. The molecule has 1 amide bonds. The van der Waals surface area contributed by atoms with Gasteiger partial charge < -0.3 is 19.5 Å². The van der Waals surface area contributed by atoms with Crippen molar-refractivity contribution in [2.45, 2.75) is 13.0 Å². The van der Waals surface area contributed by atoms with Gasteiger partial charge in [0.2, 0.25) is 0 Å². The Morgan fingerprint density at radius 1 is 0.906 bits per heavy atom. The summed E-state index contributed by atoms with van der Waals surface area (Å²) >= 11 is 0. The molecule has 0 spiro atoms. The molecule has 0 unspecified atom stereocenters. The average Bonchev–Trinajstić information content (AvgIpc) is 2.84. The minimum Gasteiger partial charge on any atom is -0.493 e. The van der Waals surface area contributed by atoms with Crippen molar-refractivity contribution in [3.63, 3.8) is 0 Å². The van der Waals surface area contributed by atoms with E-state index in [-0.39, 0.29) is 5.91 Å². The molecule has 0 bridgehead atoms. The second kappa shape index (κ2) is 9.34. The number of nitrogens with one attached hydrogen (secondary N) is 1. The summed E-state index contributed by atoms with van der Waals surface area (Å²) in [6.45, 7) is 1.69. The summed E-state index contributed by atoms with van der Waals surface area (Å²) in [4.78, 5) is 21.7. The Labute approximate surface area is 186 Å². The fraction of sp³-hybridized carbons (Fsp3) is 0.160. The number of methoxy groups -OCH3 is 2. The topological polar surface area (TPSA) is 82.6 Å². The van der Waals surface area contributed by atoms with E-state index in [1.165, 1.54) is 0 Å². The van der Waals surface area contributed by atoms with Crippen LogP contribution in [0.4, 0.5) is 5.69 Å². The standard InChI is InChI=1S/C25H23N3O4/c1-16(25(29)27-18-10-13-23(30-2)24(14-18)31-3)32-19-11-8-17(9-12-19)22-15-26-20-6-4-5-7-21(20)28-22/h4-16H,1-3H3,(H,27,29)/t16-/m0/s1. The molecule has 0 aliphatic carbocycles. The normalized spacial score (nSPS) is 11.6. The number of ether oxygens (including phenoxy) is 3. The third-order valence-corrected chi connectivity index (χ3v) is 4.93. The Morgan fingerprint density at radius 2 is 1.62 bits per heavy atom. The van der Waals surface area contributed by atoms with Crippen molar-refractivity contribution >= 4 is 22.6 Å². The van der Waals surface area contributed by atoms with Crippen LogP contribution in [0.5, 0.6) is 17.2 Å². The van der Waals surface area contributed by atoms with Crippen LogP contribution in [0.1, 0.15) is 6.92 Å². The Morgan fingerprint density at radius 3 is 2.34 bits per heavy atom. The lowest BCUT2D eigenvalue weighted by molar-refractivity contribution is -0.122. The van der Waals surface area contributed by atoms with E-state index in [0.717, 1.165) is 22.3 Å². The van der Waals surface area contributed by atoms with Crippen LogP contribution in [0.15, 0.2) is 72.9 Å². The van der Waals surface area contributed by atoms with Crippen LogP contribution >= 0.6 is 0 Å². The third kappa shape index (κ3) is 4.62. The van der Waals surface area contributed by atoms with Crippen molar-refractivity contribution in [3.05, 3.63) is 72.9 Å². The molecule has 0 aliphatic heterocycles. The number of benzene rings is 3. The summed E-state index contributed by atoms with van der Waals surface area (Å²) in [7, 11) is 3.10. The highest BCUT2D eigenvalue weighted by molar-refractivity contribution is 5.94. The number of nitrogens with zero attached hydrogens (tertiary/aromatic N) is 2. The van der Waals surface area contributed by atoms with E-state index in [1.54, 1.807) is 45.5 Å². The zero-order valence-corrected chi connectivity index (χ0v) is 18.0. The van der Waals surface area contributed by atoms with E-state index in [2.05, 4.69) is 15.3 Å². The molecule has 1 N–H and O–H groups in total. The molecule has 162 valence electrons. The Bertz CT molecular complexity index is 1240. The summed E-state index contributed by atoms with van der Waals surface area (Å²) in [5.74, 6) is 1.43. The maximum atomic E-state index is 12.6. The zero-order chi connectivity index (χ0) is 22.5. The van der Waals surface area contributed by atoms with Crippen molar-refractivity contribution in [1.29, 1.82) is 0 Å². The second-order valence-corrected chi connectivity index (χ2v) is 7.09. The van der Waals surface area contributed by atoms with Crippen molar-refractivity contribution in [3.8, 4) is 28.5 Å². The lowest BCUT2D eigenvalue weighted by Crippen LogP contribution is -2.30. The molecule has 32 heavy (non-hydrogen) atoms. The molecule has 0 saturated heterocycles. The number of rotatable bonds is 7. The first-order valence-electron chi connectivity index (χ1n) is 10.1. The molecule has 7 heteroatoms. The van der Waals surface area contributed by atoms with Gasteiger partial charge in [-0.15, -0.1) is 0 Å². The highest BCUT2D eigenvalue weighted by Gasteiger charge is 2.16. The maximum Gasteiger partial charge on any atom is 0.265 e. The van der Waals surface area contributed by atoms with Crippen LogP contribution in [0, 0.1) is 0 Å². The predicted octanol–water partition coefficient (Wildman–Crippen LogP) is 4.72. The number of amides is 1. The highest BCUT2D eigenvalue weighted by Crippen LogP contribution is 2.30. The number of hydrogen-bond donors (Lipinski definition) is 1. The molecule has 0 saturated carbocycles. The van der Waals surface area contributed by atoms with Crippen LogP contribution in [-0.4, -0.2) is 36.2 Å². The van der Waals surface area contributed by atoms with Gasteiger partial charge in [-0.05, 0) is 55.5 Å². The van der Waals surface area contributed by atoms with Crippen LogP contribution in [-0.2, 0) is 4.79 Å². The fourth-order valence-electron chi connectivity index (χ4n) is 3.22. The summed E-state index contributed by atoms with van der Waals surface area (Å²) in [6, 6.07) is 20.3. The first kappa shape index (κ1) is 21.1. The van der Waals surface area contributed by atoms with E-state index in [1.807, 2.05) is 48.5 Å². The Hall–Kier alpha value is -4.13. The Balaban J connectivity index is 1.41. The van der Waals surface area contributed by atoms with Gasteiger partial charge in [-0.1, -0.05) is 12.1 Å². The second-order valence-electron chi connectivity index (χ2n) is 7.09. The van der Waals surface area contributed by atoms with E-state index in [9.17, 15) is 4.79 Å². The molecule has 4 rings (SSSR count). The van der Waals surface area contributed by atoms with Crippen molar-refractivity contribution in [1.82, 2.24) is 9.97 Å². The number of para-hydroxylation sites is 2. The van der Waals surface area contributed by atoms with Gasteiger partial charge in [0.15, 0.2) is 17.6 Å². The molecular weight excluding hydrogens is 406 g/mol. The van der Waals surface area contributed by atoms with Crippen molar-refractivity contribution in [2.75, 3.05) is 19.5 Å². The summed E-state index contributed by atoms with van der Waals surface area (Å²) in [6.07, 6.45) is 1.05. The quantitative estimate of drug-likeness (QED) is 0.458. The summed E-state index contributed by atoms with van der Waals surface area (Å²) in [5.41, 5.74) is 3.97. The molecule has 4 aromatic rings. The molecule has 1 aromatic heterocycles. The van der Waals surface area contributed by atoms with Gasteiger partial charge in [0.1, 0.15) is 5.75 Å². The van der Waals surface area contributed by atoms with Gasteiger partial charge in [-0.3, -0.25) is 9.78 Å². The van der Waals surface area contributed by atoms with Crippen LogP contribution in [0.3, 0.4) is 0 Å². The van der Waals surface area contributed by atoms with Gasteiger partial charge in [-0.25, -0.2) is 4.98 Å². The third-order valence-electron chi connectivity index (χ3n) is 4.93. The zero-order valence-electron chi connectivity index (χ0n) is 18.0. The first-order valence-corrected chi connectivity index (χ1v) is 10.1. The number of carbonyl (C=O) groups excluding carboxylic acids is 1. The van der Waals surface area contributed by atoms with Crippen molar-refractivity contribution in [2.24, 2.45) is 0 Å². The van der Waals surface area contributed by atoms with E-state index in [4.69, 9.17) is 14.2 Å². The van der Waals surface area contributed by atoms with Gasteiger partial charge >= 0.3 is 0 Å². The molecule has 0 radical (unpaired) electrons. The van der Waals surface area contributed by atoms with E-state index in [0.29, 0.717) is 22.9 Å². The molecule has 7 nitrogen and oxygen atoms in total. The number of fused-ring (bicyclic) bond motifs is 1. The summed E-state index contributed by atoms with van der Waals surface area (Å²) in [5, 5.41) is 2.82. The number of aromatic nitrogens is 2. The Kier molecular flexibility index (Phi) is 6.17. The monoisotopic (exact) mass is 429 g/mol. The van der Waals surface area contributed by atoms with Crippen LogP contribution in [0.25, 0.3) is 22.3 Å². The van der Waals surface area contributed by atoms with Crippen molar-refractivity contribution < 1.29 is 19.0 Å². The number of anilines is 1. The molecular formula is C25H23N3O4. The van der Waals surface area contributed by atoms with Gasteiger partial charge in [0.05, 0.1) is 37.1 Å². The van der Waals surface area contributed by atoms with Gasteiger partial charge in [0.25, 0.3) is 5.91 Å². The minimum atomic E-state index is -0.700. The highest BCUT2D eigenvalue weighted by atomic mass is 16.5. The largest absolute Gasteiger partial charge is 0.493 e. The van der Waals surface area contributed by atoms with Crippen LogP contribution in [0.2, 0.25) is 0 Å². The lowest BCUT2D eigenvalue weighted by atomic mass is 10.1. The molecule has 3 aromatic carbocycles. The number of carbonyl (C=O) groups is 1. The molecule has 0 fully saturated rings. The van der Waals surface area contributed by atoms with Gasteiger partial charge in [0, 0.05) is 17.3 Å². The summed E-state index contributed by atoms with van der Waals surface area (Å²) < 4.78 is 16.3. The minimum absolute atomic E-state index is 0.276. The molecule has 1 heterocycles. The SMILES string of the molecule is COc1ccc(NC(=O)[C@H](C)Oc2ccc(-c3cnc4ccccc4n3)cc2)cc1OC. The lowest BCUT2D eigenvalue weighted by Gasteiger charge is -2.16. The van der Waals surface area contributed by atoms with E-state index < -0.39 is 6.10 Å². The maximum absolute atomic E-state index is 12.6. The van der Waals surface area contributed by atoms with E-state index >= 15 is 0 Å². The first-order chi connectivity index (χ1) is 15.6. The predicted molar refractivity (Wildman–Crippen MR) is 123 cm³/mol. The van der Waals surface area contributed by atoms with Crippen LogP contribution < -0.4 is 19.5 Å². The number of hydrogen-bond acceptors (Lipinski definition) is 6. The fourth-order valence-corrected chi connectivity index (χ4v) is 3.22. The molecule has 0 aliphatic rings. The van der Waals surface area contributed by atoms with Gasteiger partial charge in [-0.2, -0.15) is 0 Å².